The Balaban J connectivity index is 1.71. The molecule has 1 aromatic carbocycles. The van der Waals surface area contributed by atoms with Crippen LogP contribution in [0.5, 0.6) is 0 Å². The molecule has 146 valence electrons. The van der Waals surface area contributed by atoms with Crippen LogP contribution in [0.3, 0.4) is 0 Å². The molecular weight excluding hydrogens is 353 g/mol. The molecule has 2 aliphatic rings. The number of hydrogen-bond acceptors (Lipinski definition) is 3. The molecule has 1 N–H and O–H groups in total. The lowest BCUT2D eigenvalue weighted by Crippen LogP contribution is -2.33. The lowest BCUT2D eigenvalue weighted by Gasteiger charge is -2.32. The zero-order valence-electron chi connectivity index (χ0n) is 16.5. The van der Waals surface area contributed by atoms with E-state index in [1.165, 1.54) is 17.7 Å². The summed E-state index contributed by atoms with van der Waals surface area (Å²) in [5, 5.41) is 12.3. The number of hydrogen-bond donors (Lipinski definition) is 1. The summed E-state index contributed by atoms with van der Waals surface area (Å²) in [7, 11) is 0. The smallest absolute Gasteiger partial charge is 0.124 e. The Bertz CT molecular complexity index is 1040. The van der Waals surface area contributed by atoms with Gasteiger partial charge in [-0.15, -0.1) is 0 Å². The fourth-order valence-electron chi connectivity index (χ4n) is 5.33. The van der Waals surface area contributed by atoms with Crippen LogP contribution >= 0.6 is 0 Å². The zero-order valence-corrected chi connectivity index (χ0v) is 16.5. The summed E-state index contributed by atoms with van der Waals surface area (Å²) in [5.41, 5.74) is 4.36. The summed E-state index contributed by atoms with van der Waals surface area (Å²) in [5.74, 6) is -0.180. The normalized spacial score (nSPS) is 21.5. The highest BCUT2D eigenvalue weighted by atomic mass is 19.1. The van der Waals surface area contributed by atoms with Crippen LogP contribution in [0.15, 0.2) is 36.7 Å². The number of rotatable bonds is 3. The molecule has 2 unspecified atom stereocenters. The summed E-state index contributed by atoms with van der Waals surface area (Å²) >= 11 is 0. The molecule has 4 nitrogen and oxygen atoms in total. The van der Waals surface area contributed by atoms with Crippen molar-refractivity contribution >= 4 is 10.9 Å². The number of fused-ring (bicyclic) bond motifs is 5. The van der Waals surface area contributed by atoms with E-state index in [-0.39, 0.29) is 5.82 Å². The number of halogens is 1. The van der Waals surface area contributed by atoms with Gasteiger partial charge in [0.25, 0.3) is 0 Å². The quantitative estimate of drug-likeness (QED) is 0.745. The Morgan fingerprint density at radius 1 is 1.25 bits per heavy atom. The van der Waals surface area contributed by atoms with Crippen molar-refractivity contribution in [3.63, 3.8) is 0 Å². The van der Waals surface area contributed by atoms with Crippen LogP contribution in [0.25, 0.3) is 10.9 Å². The predicted molar refractivity (Wildman–Crippen MR) is 108 cm³/mol. The van der Waals surface area contributed by atoms with Crippen LogP contribution in [-0.2, 0) is 18.6 Å². The van der Waals surface area contributed by atoms with Crippen LogP contribution in [0.4, 0.5) is 4.39 Å². The molecule has 0 bridgehead atoms. The van der Waals surface area contributed by atoms with Crippen molar-refractivity contribution in [2.45, 2.75) is 51.3 Å². The van der Waals surface area contributed by atoms with Crippen molar-refractivity contribution in [3.8, 4) is 0 Å². The minimum atomic E-state index is -1.03. The van der Waals surface area contributed by atoms with Gasteiger partial charge in [-0.3, -0.25) is 9.88 Å². The summed E-state index contributed by atoms with van der Waals surface area (Å²) in [6, 6.07) is 7.41. The van der Waals surface area contributed by atoms with Gasteiger partial charge in [0.1, 0.15) is 11.4 Å². The van der Waals surface area contributed by atoms with E-state index in [1.807, 2.05) is 26.0 Å². The largest absolute Gasteiger partial charge is 0.384 e. The highest BCUT2D eigenvalue weighted by Crippen LogP contribution is 2.44. The first-order chi connectivity index (χ1) is 13.5. The lowest BCUT2D eigenvalue weighted by atomic mass is 9.95. The van der Waals surface area contributed by atoms with Crippen LogP contribution in [0.2, 0.25) is 0 Å². The lowest BCUT2D eigenvalue weighted by molar-refractivity contribution is 0.0382. The average molecular weight is 379 g/mol. The molecule has 1 fully saturated rings. The van der Waals surface area contributed by atoms with Gasteiger partial charge >= 0.3 is 0 Å². The second-order valence-electron chi connectivity index (χ2n) is 8.52. The molecule has 4 heterocycles. The van der Waals surface area contributed by atoms with Crippen molar-refractivity contribution in [2.75, 3.05) is 13.1 Å². The van der Waals surface area contributed by atoms with E-state index in [9.17, 15) is 9.50 Å². The third-order valence-corrected chi connectivity index (χ3v) is 6.56. The maximum atomic E-state index is 14.3. The van der Waals surface area contributed by atoms with Gasteiger partial charge in [-0.2, -0.15) is 0 Å². The Morgan fingerprint density at radius 3 is 2.82 bits per heavy atom. The number of nitrogens with zero attached hydrogens (tertiary/aromatic N) is 3. The average Bonchev–Trinajstić information content (AvgIpc) is 3.25. The molecule has 3 aromatic rings. The van der Waals surface area contributed by atoms with Crippen molar-refractivity contribution in [1.29, 1.82) is 0 Å². The van der Waals surface area contributed by atoms with Crippen LogP contribution in [0.1, 0.15) is 48.2 Å². The first-order valence-electron chi connectivity index (χ1n) is 10.1. The van der Waals surface area contributed by atoms with Gasteiger partial charge in [0.05, 0.1) is 12.1 Å². The zero-order chi connectivity index (χ0) is 19.5. The predicted octanol–water partition coefficient (Wildman–Crippen LogP) is 4.08. The van der Waals surface area contributed by atoms with Crippen molar-refractivity contribution in [1.82, 2.24) is 14.5 Å². The van der Waals surface area contributed by atoms with Crippen LogP contribution < -0.4 is 0 Å². The monoisotopic (exact) mass is 379 g/mol. The van der Waals surface area contributed by atoms with E-state index < -0.39 is 5.60 Å². The van der Waals surface area contributed by atoms with E-state index in [0.29, 0.717) is 12.6 Å². The number of aromatic nitrogens is 2. The third-order valence-electron chi connectivity index (χ3n) is 6.56. The molecule has 5 rings (SSSR count). The van der Waals surface area contributed by atoms with E-state index >= 15 is 0 Å². The van der Waals surface area contributed by atoms with E-state index in [2.05, 4.69) is 14.5 Å². The molecule has 0 saturated carbocycles. The number of aryl methyl sites for hydroxylation is 1. The molecule has 2 atom stereocenters. The van der Waals surface area contributed by atoms with Gasteiger partial charge in [0.2, 0.25) is 0 Å². The Hall–Kier alpha value is -2.24. The van der Waals surface area contributed by atoms with E-state index in [0.717, 1.165) is 48.0 Å². The van der Waals surface area contributed by atoms with Gasteiger partial charge in [0.15, 0.2) is 0 Å². The maximum absolute atomic E-state index is 14.3. The number of pyridine rings is 1. The van der Waals surface area contributed by atoms with Crippen molar-refractivity contribution in [2.24, 2.45) is 0 Å². The first-order valence-corrected chi connectivity index (χ1v) is 10.1. The molecule has 0 radical (unpaired) electrons. The minimum absolute atomic E-state index is 0.180. The summed E-state index contributed by atoms with van der Waals surface area (Å²) in [4.78, 5) is 6.61. The Morgan fingerprint density at radius 2 is 2.04 bits per heavy atom. The molecule has 0 spiro atoms. The summed E-state index contributed by atoms with van der Waals surface area (Å²) in [6.45, 7) is 6.43. The fraction of sp³-hybridized carbons (Fsp3) is 0.435. The minimum Gasteiger partial charge on any atom is -0.384 e. The van der Waals surface area contributed by atoms with Gasteiger partial charge in [0, 0.05) is 42.5 Å². The molecule has 5 heteroatoms. The van der Waals surface area contributed by atoms with Crippen molar-refractivity contribution in [3.05, 3.63) is 64.9 Å². The molecule has 1 saturated heterocycles. The molecule has 2 aromatic heterocycles. The standard InChI is InChI=1S/C23H26FN3O/c1-15-12-17(24)13-18-21-19-4-3-10-26(19)11-7-20(21)27(22(15)18)14-23(2,28)16-5-8-25-9-6-16/h5-6,8-9,12-13,19,28H,3-4,7,10-11,14H2,1-2H3. The molecule has 2 aliphatic heterocycles. The Kier molecular flexibility index (Phi) is 4.07. The fourth-order valence-corrected chi connectivity index (χ4v) is 5.33. The highest BCUT2D eigenvalue weighted by Gasteiger charge is 2.37. The molecule has 28 heavy (non-hydrogen) atoms. The van der Waals surface area contributed by atoms with E-state index in [1.54, 1.807) is 24.5 Å². The summed E-state index contributed by atoms with van der Waals surface area (Å²) < 4.78 is 16.6. The highest BCUT2D eigenvalue weighted by molar-refractivity contribution is 5.89. The molecule has 0 amide bonds. The second-order valence-corrected chi connectivity index (χ2v) is 8.52. The van der Waals surface area contributed by atoms with Gasteiger partial charge in [-0.25, -0.2) is 4.39 Å². The third kappa shape index (κ3) is 2.68. The Labute approximate surface area is 164 Å². The van der Waals surface area contributed by atoms with Crippen molar-refractivity contribution < 1.29 is 9.50 Å². The second kappa shape index (κ2) is 6.39. The molecular formula is C23H26FN3O. The number of aliphatic hydroxyl groups is 1. The molecule has 0 aliphatic carbocycles. The number of benzene rings is 1. The van der Waals surface area contributed by atoms with Gasteiger partial charge in [-0.05, 0) is 74.2 Å². The van der Waals surface area contributed by atoms with Crippen LogP contribution in [-0.4, -0.2) is 32.6 Å². The topological polar surface area (TPSA) is 41.3 Å². The van der Waals surface area contributed by atoms with E-state index in [4.69, 9.17) is 0 Å². The maximum Gasteiger partial charge on any atom is 0.124 e. The van der Waals surface area contributed by atoms with Gasteiger partial charge in [-0.1, -0.05) is 0 Å². The SMILES string of the molecule is Cc1cc(F)cc2c3c(n(CC(C)(O)c4ccncc4)c12)CCN1CCCC31. The first kappa shape index (κ1) is 17.8. The van der Waals surface area contributed by atoms with Crippen LogP contribution in [0, 0.1) is 12.7 Å². The summed E-state index contributed by atoms with van der Waals surface area (Å²) in [6.07, 6.45) is 6.68. The van der Waals surface area contributed by atoms with Gasteiger partial charge < -0.3 is 9.67 Å².